The van der Waals surface area contributed by atoms with Gasteiger partial charge < -0.3 is 4.98 Å². The topological polar surface area (TPSA) is 15.8 Å². The molecule has 0 spiro atoms. The summed E-state index contributed by atoms with van der Waals surface area (Å²) in [6.07, 6.45) is 9.18. The van der Waals surface area contributed by atoms with Crippen LogP contribution in [0.4, 0.5) is 0 Å². The maximum Gasteiger partial charge on any atom is 0.0449 e. The van der Waals surface area contributed by atoms with Gasteiger partial charge in [-0.15, -0.1) is 0 Å². The fraction of sp³-hybridized carbons (Fsp3) is 0.294. The van der Waals surface area contributed by atoms with Gasteiger partial charge >= 0.3 is 0 Å². The molecule has 0 aliphatic heterocycles. The second-order valence-corrected chi connectivity index (χ2v) is 5.03. The molecule has 0 radical (unpaired) electrons. The van der Waals surface area contributed by atoms with Crippen molar-refractivity contribution in [2.45, 2.75) is 32.6 Å². The number of unbranched alkanes of at least 4 members (excludes halogenated alkanes) is 1. The fourth-order valence-electron chi connectivity index (χ4n) is 2.72. The van der Waals surface area contributed by atoms with Gasteiger partial charge in [0.25, 0.3) is 0 Å². The first-order valence-electron chi connectivity index (χ1n) is 6.83. The van der Waals surface area contributed by atoms with Gasteiger partial charge in [-0.05, 0) is 47.2 Å². The molecule has 0 amide bonds. The van der Waals surface area contributed by atoms with Crippen LogP contribution in [-0.4, -0.2) is 4.98 Å². The lowest BCUT2D eigenvalue weighted by Crippen LogP contribution is -1.92. The zero-order valence-electron chi connectivity index (χ0n) is 10.9. The number of rotatable bonds is 4. The third kappa shape index (κ3) is 2.01. The molecule has 0 bridgehead atoms. The molecule has 0 saturated heterocycles. The van der Waals surface area contributed by atoms with Crippen molar-refractivity contribution >= 4 is 11.6 Å². The largest absolute Gasteiger partial charge is 0.361 e. The maximum atomic E-state index is 3.42. The van der Waals surface area contributed by atoms with Crippen molar-refractivity contribution < 1.29 is 0 Å². The van der Waals surface area contributed by atoms with E-state index in [9.17, 15) is 0 Å². The van der Waals surface area contributed by atoms with Gasteiger partial charge in [-0.1, -0.05) is 37.6 Å². The summed E-state index contributed by atoms with van der Waals surface area (Å²) < 4.78 is 0. The standard InChI is InChI=1S/C17H19N/c1-2-3-6-13-9-10-18-17(13)16-11-14-7-4-5-8-15(14)12-16/h4-5,7-11,18H,2-3,6,12H2,1H3. The number of H-pyrrole nitrogens is 1. The van der Waals surface area contributed by atoms with E-state index in [0.29, 0.717) is 0 Å². The van der Waals surface area contributed by atoms with Gasteiger partial charge in [0.1, 0.15) is 0 Å². The minimum absolute atomic E-state index is 1.07. The second kappa shape index (κ2) is 4.85. The molecule has 0 unspecified atom stereocenters. The molecule has 18 heavy (non-hydrogen) atoms. The van der Waals surface area contributed by atoms with E-state index in [-0.39, 0.29) is 0 Å². The van der Waals surface area contributed by atoms with Crippen molar-refractivity contribution in [2.24, 2.45) is 0 Å². The monoisotopic (exact) mass is 237 g/mol. The Morgan fingerprint density at radius 2 is 2.06 bits per heavy atom. The molecule has 1 aliphatic rings. The van der Waals surface area contributed by atoms with Gasteiger partial charge in [-0.3, -0.25) is 0 Å². The van der Waals surface area contributed by atoms with Crippen molar-refractivity contribution in [3.8, 4) is 0 Å². The summed E-state index contributed by atoms with van der Waals surface area (Å²) in [6, 6.07) is 10.9. The van der Waals surface area contributed by atoms with E-state index in [4.69, 9.17) is 0 Å². The number of nitrogens with one attached hydrogen (secondary N) is 1. The predicted molar refractivity (Wildman–Crippen MR) is 77.4 cm³/mol. The molecule has 0 saturated carbocycles. The minimum atomic E-state index is 1.07. The highest BCUT2D eigenvalue weighted by molar-refractivity contribution is 5.88. The van der Waals surface area contributed by atoms with Crippen LogP contribution in [-0.2, 0) is 12.8 Å². The molecular weight excluding hydrogens is 218 g/mol. The molecule has 1 aromatic carbocycles. The Labute approximate surface area is 109 Å². The lowest BCUT2D eigenvalue weighted by Gasteiger charge is -2.04. The number of hydrogen-bond donors (Lipinski definition) is 1. The molecule has 0 fully saturated rings. The first kappa shape index (κ1) is 11.3. The molecule has 0 atom stereocenters. The van der Waals surface area contributed by atoms with E-state index in [1.54, 1.807) is 0 Å². The quantitative estimate of drug-likeness (QED) is 0.808. The third-order valence-corrected chi connectivity index (χ3v) is 3.72. The maximum absolute atomic E-state index is 3.42. The molecule has 1 aliphatic carbocycles. The van der Waals surface area contributed by atoms with Crippen LogP contribution in [0.15, 0.2) is 36.5 Å². The van der Waals surface area contributed by atoms with Crippen molar-refractivity contribution in [1.82, 2.24) is 4.98 Å². The Morgan fingerprint density at radius 3 is 2.89 bits per heavy atom. The van der Waals surface area contributed by atoms with Crippen LogP contribution >= 0.6 is 0 Å². The summed E-state index contributed by atoms with van der Waals surface area (Å²) in [4.78, 5) is 3.42. The highest BCUT2D eigenvalue weighted by atomic mass is 14.7. The molecular formula is C17H19N. The molecule has 1 N–H and O–H groups in total. The van der Waals surface area contributed by atoms with Gasteiger partial charge in [0.15, 0.2) is 0 Å². The number of aromatic amines is 1. The van der Waals surface area contributed by atoms with Crippen LogP contribution < -0.4 is 0 Å². The molecule has 1 heterocycles. The smallest absolute Gasteiger partial charge is 0.0449 e. The van der Waals surface area contributed by atoms with Crippen molar-refractivity contribution in [2.75, 3.05) is 0 Å². The highest BCUT2D eigenvalue weighted by Crippen LogP contribution is 2.32. The van der Waals surface area contributed by atoms with Crippen LogP contribution in [0.1, 0.15) is 42.1 Å². The van der Waals surface area contributed by atoms with Gasteiger partial charge in [0.05, 0.1) is 0 Å². The van der Waals surface area contributed by atoms with E-state index < -0.39 is 0 Å². The van der Waals surface area contributed by atoms with Gasteiger partial charge in [0.2, 0.25) is 0 Å². The summed E-state index contributed by atoms with van der Waals surface area (Å²) in [6.45, 7) is 2.25. The van der Waals surface area contributed by atoms with E-state index in [1.807, 2.05) is 0 Å². The number of benzene rings is 1. The molecule has 92 valence electrons. The van der Waals surface area contributed by atoms with Gasteiger partial charge in [-0.2, -0.15) is 0 Å². The Morgan fingerprint density at radius 1 is 1.17 bits per heavy atom. The molecule has 1 heteroatoms. The van der Waals surface area contributed by atoms with Crippen LogP contribution in [0.3, 0.4) is 0 Å². The summed E-state index contributed by atoms with van der Waals surface area (Å²) in [5.74, 6) is 0. The van der Waals surface area contributed by atoms with E-state index in [1.165, 1.54) is 47.2 Å². The Kier molecular flexibility index (Phi) is 3.06. The van der Waals surface area contributed by atoms with Crippen molar-refractivity contribution in [3.63, 3.8) is 0 Å². The zero-order chi connectivity index (χ0) is 12.4. The van der Waals surface area contributed by atoms with Gasteiger partial charge in [-0.25, -0.2) is 0 Å². The normalized spacial score (nSPS) is 13.5. The highest BCUT2D eigenvalue weighted by Gasteiger charge is 2.16. The van der Waals surface area contributed by atoms with Crippen molar-refractivity contribution in [1.29, 1.82) is 0 Å². The fourth-order valence-corrected chi connectivity index (χ4v) is 2.72. The lowest BCUT2D eigenvalue weighted by atomic mass is 10.0. The van der Waals surface area contributed by atoms with E-state index in [0.717, 1.165) is 6.42 Å². The minimum Gasteiger partial charge on any atom is -0.361 e. The zero-order valence-corrected chi connectivity index (χ0v) is 10.9. The average Bonchev–Trinajstić information content (AvgIpc) is 3.01. The van der Waals surface area contributed by atoms with E-state index >= 15 is 0 Å². The number of aryl methyl sites for hydroxylation is 1. The summed E-state index contributed by atoms with van der Waals surface area (Å²) >= 11 is 0. The first-order chi connectivity index (χ1) is 8.88. The number of allylic oxidation sites excluding steroid dienone is 1. The SMILES string of the molecule is CCCCc1cc[nH]c1C1=Cc2ccccc2C1. The molecule has 3 rings (SSSR count). The molecule has 1 nitrogen and oxygen atoms in total. The molecule has 1 aromatic heterocycles. The Balaban J connectivity index is 1.88. The van der Waals surface area contributed by atoms with E-state index in [2.05, 4.69) is 54.5 Å². The first-order valence-corrected chi connectivity index (χ1v) is 6.83. The lowest BCUT2D eigenvalue weighted by molar-refractivity contribution is 0.794. The number of fused-ring (bicyclic) bond motifs is 1. The van der Waals surface area contributed by atoms with Crippen LogP contribution in [0, 0.1) is 0 Å². The second-order valence-electron chi connectivity index (χ2n) is 5.03. The summed E-state index contributed by atoms with van der Waals surface area (Å²) in [5.41, 5.74) is 7.08. The van der Waals surface area contributed by atoms with Gasteiger partial charge in [0, 0.05) is 18.3 Å². The third-order valence-electron chi connectivity index (χ3n) is 3.72. The summed E-state index contributed by atoms with van der Waals surface area (Å²) in [7, 11) is 0. The van der Waals surface area contributed by atoms with Crippen molar-refractivity contribution in [3.05, 3.63) is 58.9 Å². The number of aromatic nitrogens is 1. The average molecular weight is 237 g/mol. The predicted octanol–water partition coefficient (Wildman–Crippen LogP) is 4.45. The van der Waals surface area contributed by atoms with Crippen LogP contribution in [0.25, 0.3) is 11.6 Å². The Hall–Kier alpha value is -1.76. The van der Waals surface area contributed by atoms with Crippen LogP contribution in [0.2, 0.25) is 0 Å². The summed E-state index contributed by atoms with van der Waals surface area (Å²) in [5, 5.41) is 0. The van der Waals surface area contributed by atoms with Crippen LogP contribution in [0.5, 0.6) is 0 Å². The Bertz CT molecular complexity index is 575. The number of hydrogen-bond acceptors (Lipinski definition) is 0. The molecule has 2 aromatic rings.